The van der Waals surface area contributed by atoms with Gasteiger partial charge in [0.25, 0.3) is 0 Å². The van der Waals surface area contributed by atoms with Crippen LogP contribution in [0, 0.1) is 0 Å². The summed E-state index contributed by atoms with van der Waals surface area (Å²) in [6.45, 7) is 9.75. The zero-order chi connectivity index (χ0) is 36.1. The number of fused-ring (bicyclic) bond motifs is 3. The number of morpholine rings is 1. The molecule has 15 heteroatoms. The molecule has 3 aliphatic heterocycles. The minimum Gasteiger partial charge on any atom is -0.491 e. The largest absolute Gasteiger partial charge is 0.491 e. The second-order valence-electron chi connectivity index (χ2n) is 14.5. The van der Waals surface area contributed by atoms with Crippen molar-refractivity contribution in [3.8, 4) is 16.9 Å². The van der Waals surface area contributed by atoms with Crippen LogP contribution < -0.4 is 25.6 Å². The Hall–Kier alpha value is -5.04. The van der Waals surface area contributed by atoms with E-state index in [1.165, 1.54) is 11.3 Å². The highest BCUT2D eigenvalue weighted by Crippen LogP contribution is 2.48. The maximum atomic E-state index is 13.7. The van der Waals surface area contributed by atoms with Gasteiger partial charge in [-0.05, 0) is 63.3 Å². The predicted molar refractivity (Wildman–Crippen MR) is 209 cm³/mol. The smallest absolute Gasteiger partial charge is 0.231 e. The van der Waals surface area contributed by atoms with Crippen molar-refractivity contribution in [2.45, 2.75) is 31.7 Å². The number of ether oxygens (including phenoxy) is 2. The van der Waals surface area contributed by atoms with Gasteiger partial charge in [0.2, 0.25) is 5.95 Å². The first-order chi connectivity index (χ1) is 25.8. The quantitative estimate of drug-likeness (QED) is 0.166. The minimum atomic E-state index is -2.79. The number of rotatable bonds is 8. The van der Waals surface area contributed by atoms with Crippen LogP contribution in [0.4, 0.5) is 28.8 Å². The molecule has 0 amide bonds. The number of benzene rings is 2. The van der Waals surface area contributed by atoms with Gasteiger partial charge in [0.05, 0.1) is 59.3 Å². The number of aryl methyl sites for hydroxylation is 1. The first kappa shape index (κ1) is 33.8. The summed E-state index contributed by atoms with van der Waals surface area (Å²) in [7, 11) is -0.838. The number of anilines is 5. The third-order valence-corrected chi connectivity index (χ3v) is 12.1. The van der Waals surface area contributed by atoms with E-state index in [1.807, 2.05) is 42.3 Å². The first-order valence-electron chi connectivity index (χ1n) is 18.4. The molecule has 3 aliphatic rings. The van der Waals surface area contributed by atoms with E-state index >= 15 is 0 Å². The molecule has 0 spiro atoms. The Balaban J connectivity index is 1.10. The van der Waals surface area contributed by atoms with E-state index in [0.29, 0.717) is 52.1 Å². The van der Waals surface area contributed by atoms with Crippen LogP contribution in [-0.2, 0) is 22.8 Å². The van der Waals surface area contributed by atoms with E-state index in [-0.39, 0.29) is 0 Å². The molecule has 14 nitrogen and oxygen atoms in total. The highest BCUT2D eigenvalue weighted by molar-refractivity contribution is 7.71. The van der Waals surface area contributed by atoms with Crippen LogP contribution in [0.5, 0.6) is 5.75 Å². The fourth-order valence-electron chi connectivity index (χ4n) is 8.17. The van der Waals surface area contributed by atoms with Gasteiger partial charge in [-0.3, -0.25) is 19.5 Å². The molecule has 4 aromatic heterocycles. The van der Waals surface area contributed by atoms with Crippen LogP contribution in [0.25, 0.3) is 33.2 Å². The van der Waals surface area contributed by atoms with Crippen LogP contribution in [0.15, 0.2) is 55.2 Å². The molecule has 0 aliphatic carbocycles. The SMILES string of the molecule is Cn1cc(-c2cc(Nc3nc(Nc4ccc5nccnc5c4P(C)(C)=O)c4cc[nH]c4n3)c3c(c2N2CCC(N4CCOCC4)CC2)CCCO3)cn1. The normalized spacial score (nSPS) is 17.2. The van der Waals surface area contributed by atoms with Gasteiger partial charge < -0.3 is 34.6 Å². The standard InChI is InChI=1S/C38H44N11O3P/c1-47-23-24(22-42-47)28-21-31(34-26(5-4-18-52-34)33(28)49-14-9-25(10-15-49)48-16-19-51-20-17-48)44-38-45-36-27(8-11-41-36)37(46-38)43-30-7-6-29-32(40-13-12-39-29)35(30)53(2,3)50/h6-8,11-13,21-23,25H,4-5,9-10,14-20H2,1-3H3,(H3,41,43,44,45,46). The number of H-pyrrole nitrogens is 1. The van der Waals surface area contributed by atoms with Gasteiger partial charge in [0.15, 0.2) is 0 Å². The lowest BCUT2D eigenvalue weighted by atomic mass is 9.92. The summed E-state index contributed by atoms with van der Waals surface area (Å²) in [6.07, 6.45) is 13.2. The van der Waals surface area contributed by atoms with Crippen molar-refractivity contribution in [1.29, 1.82) is 0 Å². The topological polar surface area (TPSA) is 151 Å². The van der Waals surface area contributed by atoms with E-state index in [1.54, 1.807) is 25.7 Å². The average molecular weight is 734 g/mol. The molecule has 2 aromatic carbocycles. The van der Waals surface area contributed by atoms with Gasteiger partial charge in [0, 0.05) is 80.7 Å². The van der Waals surface area contributed by atoms with Crippen LogP contribution >= 0.6 is 7.14 Å². The number of hydrogen-bond donors (Lipinski definition) is 3. The van der Waals surface area contributed by atoms with Crippen molar-refractivity contribution >= 4 is 63.3 Å². The Labute approximate surface area is 307 Å². The van der Waals surface area contributed by atoms with E-state index in [4.69, 9.17) is 19.4 Å². The van der Waals surface area contributed by atoms with Gasteiger partial charge in [0.1, 0.15) is 29.9 Å². The lowest BCUT2D eigenvalue weighted by Crippen LogP contribution is -2.49. The highest BCUT2D eigenvalue weighted by atomic mass is 31.2. The highest BCUT2D eigenvalue weighted by Gasteiger charge is 2.32. The molecular weight excluding hydrogens is 689 g/mol. The summed E-state index contributed by atoms with van der Waals surface area (Å²) in [5.74, 6) is 1.80. The van der Waals surface area contributed by atoms with Crippen molar-refractivity contribution in [3.63, 3.8) is 0 Å². The summed E-state index contributed by atoms with van der Waals surface area (Å²) in [5, 5.41) is 13.1. The minimum absolute atomic E-state index is 0.397. The van der Waals surface area contributed by atoms with Crippen molar-refractivity contribution < 1.29 is 14.0 Å². The molecule has 2 fully saturated rings. The fourth-order valence-corrected chi connectivity index (χ4v) is 9.56. The molecule has 9 rings (SSSR count). The molecule has 0 saturated carbocycles. The van der Waals surface area contributed by atoms with Crippen molar-refractivity contribution in [2.75, 3.05) is 74.9 Å². The molecule has 274 valence electrons. The average Bonchev–Trinajstić information content (AvgIpc) is 3.84. The summed E-state index contributed by atoms with van der Waals surface area (Å²) >= 11 is 0. The third-order valence-electron chi connectivity index (χ3n) is 10.6. The summed E-state index contributed by atoms with van der Waals surface area (Å²) in [4.78, 5) is 27.3. The number of aromatic amines is 1. The predicted octanol–water partition coefficient (Wildman–Crippen LogP) is 5.66. The first-order valence-corrected chi connectivity index (χ1v) is 21.0. The maximum absolute atomic E-state index is 13.7. The molecule has 7 heterocycles. The number of hydrogen-bond acceptors (Lipinski definition) is 12. The summed E-state index contributed by atoms with van der Waals surface area (Å²) in [5.41, 5.74) is 8.02. The van der Waals surface area contributed by atoms with Crippen LogP contribution in [0.1, 0.15) is 24.8 Å². The number of piperidine rings is 1. The van der Waals surface area contributed by atoms with Gasteiger partial charge >= 0.3 is 0 Å². The summed E-state index contributed by atoms with van der Waals surface area (Å²) < 4.78 is 27.7. The Morgan fingerprint density at radius 1 is 0.962 bits per heavy atom. The second kappa shape index (κ2) is 13.7. The van der Waals surface area contributed by atoms with E-state index in [9.17, 15) is 4.57 Å². The number of nitrogens with zero attached hydrogens (tertiary/aromatic N) is 8. The molecule has 0 bridgehead atoms. The lowest BCUT2D eigenvalue weighted by Gasteiger charge is -2.42. The zero-order valence-corrected chi connectivity index (χ0v) is 31.2. The molecule has 0 unspecified atom stereocenters. The molecule has 3 N–H and O–H groups in total. The van der Waals surface area contributed by atoms with Crippen LogP contribution in [-0.4, -0.2) is 105 Å². The molecule has 0 radical (unpaired) electrons. The van der Waals surface area contributed by atoms with E-state index in [0.717, 1.165) is 93.0 Å². The Morgan fingerprint density at radius 3 is 2.58 bits per heavy atom. The Bertz CT molecular complexity index is 2360. The molecule has 53 heavy (non-hydrogen) atoms. The van der Waals surface area contributed by atoms with Crippen molar-refractivity contribution in [2.24, 2.45) is 7.05 Å². The monoisotopic (exact) mass is 733 g/mol. The summed E-state index contributed by atoms with van der Waals surface area (Å²) in [6, 6.07) is 8.46. The molecule has 2 saturated heterocycles. The number of aromatic nitrogens is 7. The Kier molecular flexibility index (Phi) is 8.76. The van der Waals surface area contributed by atoms with E-state index < -0.39 is 7.14 Å². The van der Waals surface area contributed by atoms with Crippen LogP contribution in [0.2, 0.25) is 0 Å². The fraction of sp³-hybridized carbons (Fsp3) is 0.395. The lowest BCUT2D eigenvalue weighted by molar-refractivity contribution is 0.0115. The van der Waals surface area contributed by atoms with Crippen molar-refractivity contribution in [1.82, 2.24) is 39.6 Å². The maximum Gasteiger partial charge on any atom is 0.231 e. The Morgan fingerprint density at radius 2 is 1.79 bits per heavy atom. The van der Waals surface area contributed by atoms with Gasteiger partial charge in [-0.2, -0.15) is 15.1 Å². The van der Waals surface area contributed by atoms with E-state index in [2.05, 4.69) is 52.7 Å². The zero-order valence-electron chi connectivity index (χ0n) is 30.3. The molecule has 6 aromatic rings. The van der Waals surface area contributed by atoms with Gasteiger partial charge in [-0.15, -0.1) is 0 Å². The van der Waals surface area contributed by atoms with Crippen LogP contribution in [0.3, 0.4) is 0 Å². The van der Waals surface area contributed by atoms with Gasteiger partial charge in [-0.1, -0.05) is 0 Å². The number of nitrogens with one attached hydrogen (secondary N) is 3. The van der Waals surface area contributed by atoms with Gasteiger partial charge in [-0.25, -0.2) is 0 Å². The molecular formula is C38H44N11O3P. The van der Waals surface area contributed by atoms with Crippen molar-refractivity contribution in [3.05, 3.63) is 60.8 Å². The third kappa shape index (κ3) is 6.49. The second-order valence-corrected chi connectivity index (χ2v) is 17.6. The molecule has 0 atom stereocenters.